The molecule has 0 amide bonds. The molecular weight excluding hydrogens is 244 g/mol. The molecule has 2 heterocycles. The number of aryl methyl sites for hydroxylation is 2. The third-order valence-corrected chi connectivity index (χ3v) is 2.72. The molecular formula is C13H16N4O2. The maximum absolute atomic E-state index is 11.3. The summed E-state index contributed by atoms with van der Waals surface area (Å²) in [6, 6.07) is 3.50. The molecule has 2 aromatic rings. The van der Waals surface area contributed by atoms with Crippen LogP contribution in [0.2, 0.25) is 0 Å². The van der Waals surface area contributed by atoms with E-state index < -0.39 is 0 Å². The van der Waals surface area contributed by atoms with Gasteiger partial charge in [0.25, 0.3) is 0 Å². The molecule has 0 saturated carbocycles. The monoisotopic (exact) mass is 260 g/mol. The number of nitrogens with one attached hydrogen (secondary N) is 1. The van der Waals surface area contributed by atoms with Gasteiger partial charge in [-0.05, 0) is 19.1 Å². The van der Waals surface area contributed by atoms with Crippen LogP contribution in [-0.2, 0) is 18.3 Å². The molecule has 100 valence electrons. The zero-order valence-corrected chi connectivity index (χ0v) is 11.2. The number of pyridine rings is 1. The Labute approximate surface area is 111 Å². The topological polar surface area (TPSA) is 69.0 Å². The summed E-state index contributed by atoms with van der Waals surface area (Å²) in [6.07, 6.45) is 3.43. The maximum atomic E-state index is 11.3. The van der Waals surface area contributed by atoms with E-state index in [1.54, 1.807) is 16.8 Å². The Kier molecular flexibility index (Phi) is 3.79. The molecule has 2 rings (SSSR count). The van der Waals surface area contributed by atoms with Gasteiger partial charge in [0.05, 0.1) is 36.3 Å². The van der Waals surface area contributed by atoms with Crippen molar-refractivity contribution >= 4 is 11.7 Å². The quantitative estimate of drug-likeness (QED) is 0.844. The summed E-state index contributed by atoms with van der Waals surface area (Å²) in [7, 11) is 3.23. The fourth-order valence-corrected chi connectivity index (χ4v) is 1.73. The number of nitrogens with zero attached hydrogens (tertiary/aromatic N) is 3. The van der Waals surface area contributed by atoms with E-state index in [4.69, 9.17) is 0 Å². The van der Waals surface area contributed by atoms with E-state index in [2.05, 4.69) is 20.1 Å². The molecule has 0 aliphatic carbocycles. The van der Waals surface area contributed by atoms with Crippen LogP contribution in [0.15, 0.2) is 24.5 Å². The summed E-state index contributed by atoms with van der Waals surface area (Å²) < 4.78 is 6.37. The Hall–Kier alpha value is -2.37. The summed E-state index contributed by atoms with van der Waals surface area (Å²) in [4.78, 5) is 15.5. The summed E-state index contributed by atoms with van der Waals surface area (Å²) in [5.41, 5.74) is 3.20. The average Bonchev–Trinajstić information content (AvgIpc) is 2.74. The first-order valence-electron chi connectivity index (χ1n) is 5.87. The highest BCUT2D eigenvalue weighted by Gasteiger charge is 2.06. The molecule has 0 aliphatic heterocycles. The molecule has 1 N–H and O–H groups in total. The first-order valence-corrected chi connectivity index (χ1v) is 5.87. The summed E-state index contributed by atoms with van der Waals surface area (Å²) in [5, 5.41) is 7.50. The van der Waals surface area contributed by atoms with E-state index >= 15 is 0 Å². The number of hydrogen-bond acceptors (Lipinski definition) is 5. The molecule has 0 unspecified atom stereocenters. The van der Waals surface area contributed by atoms with Crippen molar-refractivity contribution in [3.05, 3.63) is 41.5 Å². The van der Waals surface area contributed by atoms with Crippen molar-refractivity contribution in [1.29, 1.82) is 0 Å². The number of anilines is 1. The van der Waals surface area contributed by atoms with E-state index in [9.17, 15) is 4.79 Å². The maximum Gasteiger partial charge on any atom is 0.339 e. The Morgan fingerprint density at radius 2 is 2.26 bits per heavy atom. The Morgan fingerprint density at radius 3 is 2.79 bits per heavy atom. The van der Waals surface area contributed by atoms with Crippen molar-refractivity contribution in [1.82, 2.24) is 14.8 Å². The highest BCUT2D eigenvalue weighted by molar-refractivity contribution is 5.88. The van der Waals surface area contributed by atoms with Crippen LogP contribution < -0.4 is 5.32 Å². The second-order valence-corrected chi connectivity index (χ2v) is 4.19. The van der Waals surface area contributed by atoms with Crippen LogP contribution in [-0.4, -0.2) is 27.8 Å². The number of esters is 1. The van der Waals surface area contributed by atoms with Gasteiger partial charge in [-0.3, -0.25) is 9.67 Å². The molecule has 0 aliphatic rings. The number of rotatable bonds is 4. The zero-order valence-electron chi connectivity index (χ0n) is 11.2. The van der Waals surface area contributed by atoms with E-state index in [-0.39, 0.29) is 5.97 Å². The zero-order chi connectivity index (χ0) is 13.8. The third-order valence-electron chi connectivity index (χ3n) is 2.72. The lowest BCUT2D eigenvalue weighted by Gasteiger charge is -2.05. The molecule has 19 heavy (non-hydrogen) atoms. The lowest BCUT2D eigenvalue weighted by atomic mass is 10.2. The number of carbonyl (C=O) groups is 1. The second-order valence-electron chi connectivity index (χ2n) is 4.19. The average molecular weight is 260 g/mol. The minimum Gasteiger partial charge on any atom is -0.465 e. The number of aromatic nitrogens is 3. The van der Waals surface area contributed by atoms with Crippen LogP contribution in [0.25, 0.3) is 0 Å². The van der Waals surface area contributed by atoms with Crippen molar-refractivity contribution in [2.24, 2.45) is 7.05 Å². The molecule has 0 fully saturated rings. The van der Waals surface area contributed by atoms with Crippen molar-refractivity contribution in [2.75, 3.05) is 12.4 Å². The van der Waals surface area contributed by atoms with E-state index in [1.807, 2.05) is 20.2 Å². The smallest absolute Gasteiger partial charge is 0.339 e. The lowest BCUT2D eigenvalue weighted by Crippen LogP contribution is -2.05. The van der Waals surface area contributed by atoms with Crippen LogP contribution >= 0.6 is 0 Å². The molecule has 6 heteroatoms. The molecule has 0 atom stereocenters. The Bertz CT molecular complexity index is 575. The first kappa shape index (κ1) is 13.1. The predicted octanol–water partition coefficient (Wildman–Crippen LogP) is 1.52. The van der Waals surface area contributed by atoms with Crippen molar-refractivity contribution < 1.29 is 9.53 Å². The molecule has 0 radical (unpaired) electrons. The Balaban J connectivity index is 2.00. The minimum atomic E-state index is -0.380. The van der Waals surface area contributed by atoms with Crippen molar-refractivity contribution in [2.45, 2.75) is 13.5 Å². The van der Waals surface area contributed by atoms with E-state index in [1.165, 1.54) is 13.3 Å². The number of carbonyl (C=O) groups excluding carboxylic acids is 1. The van der Waals surface area contributed by atoms with Crippen LogP contribution in [0.4, 0.5) is 5.69 Å². The van der Waals surface area contributed by atoms with E-state index in [0.717, 1.165) is 17.1 Å². The van der Waals surface area contributed by atoms with Gasteiger partial charge in [-0.15, -0.1) is 0 Å². The van der Waals surface area contributed by atoms with Crippen molar-refractivity contribution in [3.8, 4) is 0 Å². The molecule has 0 saturated heterocycles. The van der Waals surface area contributed by atoms with Gasteiger partial charge in [0.2, 0.25) is 0 Å². The Morgan fingerprint density at radius 1 is 1.47 bits per heavy atom. The van der Waals surface area contributed by atoms with Gasteiger partial charge in [0, 0.05) is 19.4 Å². The molecule has 0 aromatic carbocycles. The van der Waals surface area contributed by atoms with Gasteiger partial charge in [-0.2, -0.15) is 5.10 Å². The molecule has 6 nitrogen and oxygen atoms in total. The third kappa shape index (κ3) is 3.09. The normalized spacial score (nSPS) is 10.3. The molecule has 0 bridgehead atoms. The largest absolute Gasteiger partial charge is 0.465 e. The summed E-state index contributed by atoms with van der Waals surface area (Å²) in [6.45, 7) is 2.52. The van der Waals surface area contributed by atoms with Crippen LogP contribution in [0.5, 0.6) is 0 Å². The van der Waals surface area contributed by atoms with Crippen LogP contribution in [0.1, 0.15) is 21.7 Å². The summed E-state index contributed by atoms with van der Waals surface area (Å²) >= 11 is 0. The van der Waals surface area contributed by atoms with Gasteiger partial charge in [0.15, 0.2) is 0 Å². The standard InChI is InChI=1S/C13H16N4O2/c1-9-12(8-17(2)16-9)15-7-11-5-4-10(6-14-11)13(18)19-3/h4-6,8,15H,7H2,1-3H3. The highest BCUT2D eigenvalue weighted by atomic mass is 16.5. The highest BCUT2D eigenvalue weighted by Crippen LogP contribution is 2.12. The van der Waals surface area contributed by atoms with Crippen LogP contribution in [0, 0.1) is 6.92 Å². The van der Waals surface area contributed by atoms with E-state index in [0.29, 0.717) is 12.1 Å². The van der Waals surface area contributed by atoms with Crippen molar-refractivity contribution in [3.63, 3.8) is 0 Å². The molecule has 2 aromatic heterocycles. The fourth-order valence-electron chi connectivity index (χ4n) is 1.73. The number of ether oxygens (including phenoxy) is 1. The first-order chi connectivity index (χ1) is 9.10. The lowest BCUT2D eigenvalue weighted by molar-refractivity contribution is 0.0600. The number of hydrogen-bond donors (Lipinski definition) is 1. The van der Waals surface area contributed by atoms with Gasteiger partial charge in [0.1, 0.15) is 0 Å². The SMILES string of the molecule is COC(=O)c1ccc(CNc2cn(C)nc2C)nc1. The second kappa shape index (κ2) is 5.51. The number of methoxy groups -OCH3 is 1. The molecule has 0 spiro atoms. The van der Waals surface area contributed by atoms with Crippen LogP contribution in [0.3, 0.4) is 0 Å². The summed E-state index contributed by atoms with van der Waals surface area (Å²) in [5.74, 6) is -0.380. The minimum absolute atomic E-state index is 0.380. The van der Waals surface area contributed by atoms with Gasteiger partial charge in [-0.25, -0.2) is 4.79 Å². The fraction of sp³-hybridized carbons (Fsp3) is 0.308. The van der Waals surface area contributed by atoms with Gasteiger partial charge >= 0.3 is 5.97 Å². The van der Waals surface area contributed by atoms with Gasteiger partial charge in [-0.1, -0.05) is 0 Å². The van der Waals surface area contributed by atoms with Gasteiger partial charge < -0.3 is 10.1 Å². The predicted molar refractivity (Wildman–Crippen MR) is 70.8 cm³/mol.